The van der Waals surface area contributed by atoms with Gasteiger partial charge in [-0.3, -0.25) is 0 Å². The van der Waals surface area contributed by atoms with Crippen molar-refractivity contribution in [3.8, 4) is 0 Å². The molecule has 0 radical (unpaired) electrons. The molecule has 2 rings (SSSR count). The van der Waals surface area contributed by atoms with Gasteiger partial charge in [-0.05, 0) is 31.2 Å². The van der Waals surface area contributed by atoms with Crippen molar-refractivity contribution in [2.24, 2.45) is 0 Å². The van der Waals surface area contributed by atoms with Crippen molar-refractivity contribution in [3.63, 3.8) is 0 Å². The molecule has 0 saturated carbocycles. The van der Waals surface area contributed by atoms with E-state index >= 15 is 0 Å². The zero-order valence-electron chi connectivity index (χ0n) is 7.92. The molecule has 0 atom stereocenters. The summed E-state index contributed by atoms with van der Waals surface area (Å²) in [5.74, 6) is 0.929. The van der Waals surface area contributed by atoms with E-state index in [2.05, 4.69) is 39.2 Å². The summed E-state index contributed by atoms with van der Waals surface area (Å²) >= 11 is 3.50. The van der Waals surface area contributed by atoms with Gasteiger partial charge >= 0.3 is 0 Å². The molecule has 2 aromatic rings. The van der Waals surface area contributed by atoms with E-state index in [-0.39, 0.29) is 0 Å². The summed E-state index contributed by atoms with van der Waals surface area (Å²) in [7, 11) is 0. The van der Waals surface area contributed by atoms with Gasteiger partial charge < -0.3 is 5.32 Å². The molecule has 1 N–H and O–H groups in total. The average Bonchev–Trinajstić information content (AvgIpc) is 2.18. The molecule has 72 valence electrons. The van der Waals surface area contributed by atoms with Crippen molar-refractivity contribution in [2.75, 3.05) is 11.9 Å². The van der Waals surface area contributed by atoms with E-state index < -0.39 is 0 Å². The van der Waals surface area contributed by atoms with Crippen molar-refractivity contribution in [1.82, 2.24) is 4.98 Å². The van der Waals surface area contributed by atoms with Gasteiger partial charge in [0.1, 0.15) is 5.82 Å². The number of pyridine rings is 1. The number of aromatic nitrogens is 1. The molecule has 0 aliphatic carbocycles. The fourth-order valence-corrected chi connectivity index (χ4v) is 1.88. The van der Waals surface area contributed by atoms with Crippen LogP contribution in [-0.4, -0.2) is 11.5 Å². The summed E-state index contributed by atoms with van der Waals surface area (Å²) in [4.78, 5) is 4.48. The highest BCUT2D eigenvalue weighted by Crippen LogP contribution is 2.23. The number of hydrogen-bond acceptors (Lipinski definition) is 2. The molecule has 0 spiro atoms. The first-order chi connectivity index (χ1) is 6.81. The highest BCUT2D eigenvalue weighted by atomic mass is 79.9. The van der Waals surface area contributed by atoms with Crippen molar-refractivity contribution in [1.29, 1.82) is 0 Å². The Morgan fingerprint density at radius 2 is 2.14 bits per heavy atom. The normalized spacial score (nSPS) is 10.4. The molecule has 1 aromatic heterocycles. The third-order valence-corrected chi connectivity index (χ3v) is 2.73. The SMILES string of the molecule is CCNc1ccc2c(Br)cccc2n1. The molecule has 14 heavy (non-hydrogen) atoms. The highest BCUT2D eigenvalue weighted by Gasteiger charge is 1.99. The summed E-state index contributed by atoms with van der Waals surface area (Å²) in [5.41, 5.74) is 1.01. The molecular weight excluding hydrogens is 240 g/mol. The molecule has 1 aromatic carbocycles. The Kier molecular flexibility index (Phi) is 2.68. The van der Waals surface area contributed by atoms with Crippen LogP contribution in [0.1, 0.15) is 6.92 Å². The van der Waals surface area contributed by atoms with Crippen molar-refractivity contribution < 1.29 is 0 Å². The summed E-state index contributed by atoms with van der Waals surface area (Å²) in [5, 5.41) is 4.34. The first-order valence-electron chi connectivity index (χ1n) is 4.60. The second-order valence-corrected chi connectivity index (χ2v) is 3.89. The first kappa shape index (κ1) is 9.46. The Morgan fingerprint density at radius 3 is 2.93 bits per heavy atom. The molecule has 0 bridgehead atoms. The van der Waals surface area contributed by atoms with Crippen LogP contribution in [0.2, 0.25) is 0 Å². The molecule has 1 heterocycles. The molecule has 0 aliphatic heterocycles. The Labute approximate surface area is 91.5 Å². The van der Waals surface area contributed by atoms with E-state index in [1.807, 2.05) is 24.3 Å². The van der Waals surface area contributed by atoms with Gasteiger partial charge in [-0.2, -0.15) is 0 Å². The third-order valence-electron chi connectivity index (χ3n) is 2.04. The van der Waals surface area contributed by atoms with Crippen LogP contribution in [-0.2, 0) is 0 Å². The van der Waals surface area contributed by atoms with E-state index in [9.17, 15) is 0 Å². The van der Waals surface area contributed by atoms with Crippen LogP contribution in [0.15, 0.2) is 34.8 Å². The lowest BCUT2D eigenvalue weighted by Gasteiger charge is -2.04. The third kappa shape index (κ3) is 1.73. The van der Waals surface area contributed by atoms with Gasteiger partial charge in [-0.25, -0.2) is 4.98 Å². The van der Waals surface area contributed by atoms with Gasteiger partial charge in [-0.15, -0.1) is 0 Å². The number of benzene rings is 1. The lowest BCUT2D eigenvalue weighted by molar-refractivity contribution is 1.17. The fourth-order valence-electron chi connectivity index (χ4n) is 1.40. The summed E-state index contributed by atoms with van der Waals surface area (Å²) in [6.07, 6.45) is 0. The van der Waals surface area contributed by atoms with Gasteiger partial charge in [-0.1, -0.05) is 22.0 Å². The Morgan fingerprint density at radius 1 is 1.29 bits per heavy atom. The number of nitrogens with one attached hydrogen (secondary N) is 1. The standard InChI is InChI=1S/C11H11BrN2/c1-2-13-11-7-6-8-9(12)4-3-5-10(8)14-11/h3-7H,2H2,1H3,(H,13,14). The molecule has 2 nitrogen and oxygen atoms in total. The topological polar surface area (TPSA) is 24.9 Å². The van der Waals surface area contributed by atoms with Crippen LogP contribution in [0, 0.1) is 0 Å². The molecule has 3 heteroatoms. The van der Waals surface area contributed by atoms with Crippen LogP contribution in [0.3, 0.4) is 0 Å². The number of anilines is 1. The van der Waals surface area contributed by atoms with Crippen LogP contribution in [0.25, 0.3) is 10.9 Å². The van der Waals surface area contributed by atoms with E-state index in [1.165, 1.54) is 0 Å². The lowest BCUT2D eigenvalue weighted by Crippen LogP contribution is -1.98. The van der Waals surface area contributed by atoms with Gasteiger partial charge in [0.15, 0.2) is 0 Å². The molecule has 0 unspecified atom stereocenters. The van der Waals surface area contributed by atoms with E-state index in [4.69, 9.17) is 0 Å². The highest BCUT2D eigenvalue weighted by molar-refractivity contribution is 9.10. The summed E-state index contributed by atoms with van der Waals surface area (Å²) in [6, 6.07) is 10.1. The largest absolute Gasteiger partial charge is 0.370 e. The van der Waals surface area contributed by atoms with Crippen LogP contribution in [0.4, 0.5) is 5.82 Å². The van der Waals surface area contributed by atoms with Crippen LogP contribution in [0.5, 0.6) is 0 Å². The second kappa shape index (κ2) is 3.96. The van der Waals surface area contributed by atoms with Crippen LogP contribution >= 0.6 is 15.9 Å². The van der Waals surface area contributed by atoms with Gasteiger partial charge in [0.2, 0.25) is 0 Å². The van der Waals surface area contributed by atoms with Crippen LogP contribution < -0.4 is 5.32 Å². The number of halogens is 1. The Hall–Kier alpha value is -1.09. The smallest absolute Gasteiger partial charge is 0.126 e. The maximum absolute atomic E-state index is 4.48. The Bertz CT molecular complexity index is 454. The van der Waals surface area contributed by atoms with Crippen molar-refractivity contribution in [3.05, 3.63) is 34.8 Å². The number of fused-ring (bicyclic) bond motifs is 1. The number of hydrogen-bond donors (Lipinski definition) is 1. The zero-order chi connectivity index (χ0) is 9.97. The average molecular weight is 251 g/mol. The maximum Gasteiger partial charge on any atom is 0.126 e. The summed E-state index contributed by atoms with van der Waals surface area (Å²) in [6.45, 7) is 2.96. The predicted molar refractivity (Wildman–Crippen MR) is 63.6 cm³/mol. The molecular formula is C11H11BrN2. The lowest BCUT2D eigenvalue weighted by atomic mass is 10.2. The quantitative estimate of drug-likeness (QED) is 0.884. The van der Waals surface area contributed by atoms with Crippen molar-refractivity contribution >= 4 is 32.7 Å². The fraction of sp³-hybridized carbons (Fsp3) is 0.182. The number of nitrogens with zero attached hydrogens (tertiary/aromatic N) is 1. The molecule has 0 amide bonds. The number of rotatable bonds is 2. The first-order valence-corrected chi connectivity index (χ1v) is 5.39. The summed E-state index contributed by atoms with van der Waals surface area (Å²) < 4.78 is 1.09. The monoisotopic (exact) mass is 250 g/mol. The second-order valence-electron chi connectivity index (χ2n) is 3.03. The zero-order valence-corrected chi connectivity index (χ0v) is 9.51. The van der Waals surface area contributed by atoms with Crippen molar-refractivity contribution in [2.45, 2.75) is 6.92 Å². The molecule has 0 aliphatic rings. The van der Waals surface area contributed by atoms with Gasteiger partial charge in [0, 0.05) is 16.4 Å². The van der Waals surface area contributed by atoms with E-state index in [0.717, 1.165) is 27.7 Å². The molecule has 0 fully saturated rings. The Balaban J connectivity index is 2.56. The predicted octanol–water partition coefficient (Wildman–Crippen LogP) is 3.43. The van der Waals surface area contributed by atoms with E-state index in [0.29, 0.717) is 0 Å². The van der Waals surface area contributed by atoms with Gasteiger partial charge in [0.05, 0.1) is 5.52 Å². The van der Waals surface area contributed by atoms with E-state index in [1.54, 1.807) is 0 Å². The minimum absolute atomic E-state index is 0.895. The maximum atomic E-state index is 4.48. The van der Waals surface area contributed by atoms with Gasteiger partial charge in [0.25, 0.3) is 0 Å². The molecule has 0 saturated heterocycles. The minimum atomic E-state index is 0.895. The minimum Gasteiger partial charge on any atom is -0.370 e.